The van der Waals surface area contributed by atoms with Gasteiger partial charge in [0, 0.05) is 6.04 Å². The van der Waals surface area contributed by atoms with Crippen LogP contribution in [0.2, 0.25) is 0 Å². The predicted octanol–water partition coefficient (Wildman–Crippen LogP) is 2.43. The fourth-order valence-corrected chi connectivity index (χ4v) is 2.07. The largest absolute Gasteiger partial charge is 0.444 e. The SMILES string of the molecule is C[C@@H](NC(=O)OC(C)(C)C)C(=O)Nc1ccccc1C(=O)NC1CC1. The summed E-state index contributed by atoms with van der Waals surface area (Å²) in [5.74, 6) is -0.649. The number of carbonyl (C=O) groups is 3. The molecule has 1 aliphatic rings. The lowest BCUT2D eigenvalue weighted by Gasteiger charge is -2.22. The van der Waals surface area contributed by atoms with E-state index in [0.29, 0.717) is 11.3 Å². The molecule has 3 N–H and O–H groups in total. The maximum absolute atomic E-state index is 12.3. The fourth-order valence-electron chi connectivity index (χ4n) is 2.07. The van der Waals surface area contributed by atoms with Crippen molar-refractivity contribution in [2.24, 2.45) is 0 Å². The van der Waals surface area contributed by atoms with Gasteiger partial charge >= 0.3 is 6.09 Å². The van der Waals surface area contributed by atoms with E-state index in [0.717, 1.165) is 12.8 Å². The molecule has 1 aliphatic carbocycles. The van der Waals surface area contributed by atoms with E-state index in [1.54, 1.807) is 52.0 Å². The molecule has 0 heterocycles. The standard InChI is InChI=1S/C18H25N3O4/c1-11(19-17(24)25-18(2,3)4)15(22)21-14-8-6-5-7-13(14)16(23)20-12-9-10-12/h5-8,11-12H,9-10H2,1-4H3,(H,19,24)(H,20,23)(H,21,22)/t11-/m1/s1. The van der Waals surface area contributed by atoms with Crippen LogP contribution in [0.15, 0.2) is 24.3 Å². The van der Waals surface area contributed by atoms with Crippen molar-refractivity contribution < 1.29 is 19.1 Å². The third-order valence-corrected chi connectivity index (χ3v) is 3.47. The molecule has 7 nitrogen and oxygen atoms in total. The van der Waals surface area contributed by atoms with Gasteiger partial charge in [-0.25, -0.2) is 4.79 Å². The molecule has 1 atom stereocenters. The first kappa shape index (κ1) is 18.8. The van der Waals surface area contributed by atoms with Crippen LogP contribution in [-0.4, -0.2) is 35.6 Å². The van der Waals surface area contributed by atoms with Crippen LogP contribution in [0, 0.1) is 0 Å². The summed E-state index contributed by atoms with van der Waals surface area (Å²) >= 11 is 0. The van der Waals surface area contributed by atoms with Gasteiger partial charge in [0.15, 0.2) is 0 Å². The molecule has 7 heteroatoms. The molecule has 0 unspecified atom stereocenters. The lowest BCUT2D eigenvalue weighted by atomic mass is 10.1. The lowest BCUT2D eigenvalue weighted by Crippen LogP contribution is -2.44. The summed E-state index contributed by atoms with van der Waals surface area (Å²) in [5.41, 5.74) is 0.157. The van der Waals surface area contributed by atoms with Gasteiger partial charge in [0.05, 0.1) is 11.3 Å². The van der Waals surface area contributed by atoms with E-state index in [9.17, 15) is 14.4 Å². The molecule has 0 saturated heterocycles. The molecular formula is C18H25N3O4. The number of carbonyl (C=O) groups excluding carboxylic acids is 3. The van der Waals surface area contributed by atoms with Crippen molar-refractivity contribution in [3.8, 4) is 0 Å². The van der Waals surface area contributed by atoms with Gasteiger partial charge in [0.25, 0.3) is 5.91 Å². The number of rotatable bonds is 5. The second kappa shape index (κ2) is 7.55. The number of hydrogen-bond donors (Lipinski definition) is 3. The van der Waals surface area contributed by atoms with Crippen molar-refractivity contribution in [3.63, 3.8) is 0 Å². The normalized spacial score (nSPS) is 15.0. The molecule has 0 aliphatic heterocycles. The molecule has 136 valence electrons. The highest BCUT2D eigenvalue weighted by Gasteiger charge is 2.26. The van der Waals surface area contributed by atoms with Gasteiger partial charge in [0.2, 0.25) is 5.91 Å². The second-order valence-electron chi connectivity index (χ2n) is 7.15. The van der Waals surface area contributed by atoms with E-state index in [1.165, 1.54) is 0 Å². The average Bonchev–Trinajstić information content (AvgIpc) is 3.29. The number of amides is 3. The van der Waals surface area contributed by atoms with Crippen LogP contribution in [-0.2, 0) is 9.53 Å². The number of benzene rings is 1. The minimum absolute atomic E-state index is 0.217. The Morgan fingerprint density at radius 2 is 1.80 bits per heavy atom. The maximum atomic E-state index is 12.3. The summed E-state index contributed by atoms with van der Waals surface area (Å²) < 4.78 is 5.13. The maximum Gasteiger partial charge on any atom is 0.408 e. The quantitative estimate of drug-likeness (QED) is 0.762. The summed E-state index contributed by atoms with van der Waals surface area (Å²) in [7, 11) is 0. The number of ether oxygens (including phenoxy) is 1. The fraction of sp³-hybridized carbons (Fsp3) is 0.500. The van der Waals surface area contributed by atoms with Crippen LogP contribution in [0.3, 0.4) is 0 Å². The Labute approximate surface area is 147 Å². The van der Waals surface area contributed by atoms with E-state index in [4.69, 9.17) is 4.74 Å². The minimum Gasteiger partial charge on any atom is -0.444 e. The topological polar surface area (TPSA) is 96.5 Å². The molecule has 1 aromatic rings. The smallest absolute Gasteiger partial charge is 0.408 e. The Morgan fingerprint density at radius 1 is 1.16 bits per heavy atom. The molecule has 0 aromatic heterocycles. The van der Waals surface area contributed by atoms with Gasteiger partial charge < -0.3 is 20.7 Å². The monoisotopic (exact) mass is 347 g/mol. The molecule has 2 rings (SSSR count). The molecule has 0 radical (unpaired) electrons. The molecular weight excluding hydrogens is 322 g/mol. The van der Waals surface area contributed by atoms with Crippen molar-refractivity contribution in [1.82, 2.24) is 10.6 Å². The summed E-state index contributed by atoms with van der Waals surface area (Å²) in [6.45, 7) is 6.77. The minimum atomic E-state index is -0.811. The highest BCUT2D eigenvalue weighted by atomic mass is 16.6. The number of nitrogens with one attached hydrogen (secondary N) is 3. The van der Waals surface area contributed by atoms with E-state index >= 15 is 0 Å². The van der Waals surface area contributed by atoms with Crippen molar-refractivity contribution in [2.75, 3.05) is 5.32 Å². The molecule has 3 amide bonds. The van der Waals surface area contributed by atoms with Crippen molar-refractivity contribution >= 4 is 23.6 Å². The van der Waals surface area contributed by atoms with Crippen molar-refractivity contribution in [1.29, 1.82) is 0 Å². The predicted molar refractivity (Wildman–Crippen MR) is 94.4 cm³/mol. The zero-order valence-corrected chi connectivity index (χ0v) is 15.0. The van der Waals surface area contributed by atoms with Gasteiger partial charge in [-0.3, -0.25) is 9.59 Å². The molecule has 0 bridgehead atoms. The van der Waals surface area contributed by atoms with Gasteiger partial charge in [0.1, 0.15) is 11.6 Å². The van der Waals surface area contributed by atoms with Crippen molar-refractivity contribution in [2.45, 2.75) is 58.2 Å². The van der Waals surface area contributed by atoms with E-state index in [2.05, 4.69) is 16.0 Å². The van der Waals surface area contributed by atoms with Gasteiger partial charge in [-0.2, -0.15) is 0 Å². The van der Waals surface area contributed by atoms with Gasteiger partial charge in [-0.05, 0) is 52.7 Å². The summed E-state index contributed by atoms with van der Waals surface area (Å²) in [6.07, 6.45) is 1.30. The Bertz CT molecular complexity index is 663. The lowest BCUT2D eigenvalue weighted by molar-refractivity contribution is -0.117. The van der Waals surface area contributed by atoms with E-state index in [1.807, 2.05) is 0 Å². The van der Waals surface area contributed by atoms with Crippen LogP contribution in [0.4, 0.5) is 10.5 Å². The third-order valence-electron chi connectivity index (χ3n) is 3.47. The molecule has 25 heavy (non-hydrogen) atoms. The zero-order valence-electron chi connectivity index (χ0n) is 15.0. The highest BCUT2D eigenvalue weighted by molar-refractivity contribution is 6.05. The Balaban J connectivity index is 1.97. The van der Waals surface area contributed by atoms with Crippen LogP contribution in [0.1, 0.15) is 50.9 Å². The highest BCUT2D eigenvalue weighted by Crippen LogP contribution is 2.21. The summed E-state index contributed by atoms with van der Waals surface area (Å²) in [5, 5.41) is 8.05. The number of alkyl carbamates (subject to hydrolysis) is 1. The molecule has 1 aromatic carbocycles. The van der Waals surface area contributed by atoms with Crippen LogP contribution < -0.4 is 16.0 Å². The molecule has 1 fully saturated rings. The van der Waals surface area contributed by atoms with Crippen LogP contribution in [0.25, 0.3) is 0 Å². The summed E-state index contributed by atoms with van der Waals surface area (Å²) in [4.78, 5) is 36.3. The second-order valence-corrected chi connectivity index (χ2v) is 7.15. The van der Waals surface area contributed by atoms with Gasteiger partial charge in [-0.1, -0.05) is 12.1 Å². The zero-order chi connectivity index (χ0) is 18.6. The number of hydrogen-bond acceptors (Lipinski definition) is 4. The summed E-state index contributed by atoms with van der Waals surface area (Å²) in [6, 6.07) is 6.19. The Kier molecular flexibility index (Phi) is 5.66. The first-order valence-corrected chi connectivity index (χ1v) is 8.36. The number of para-hydroxylation sites is 1. The van der Waals surface area contributed by atoms with Crippen LogP contribution in [0.5, 0.6) is 0 Å². The van der Waals surface area contributed by atoms with E-state index in [-0.39, 0.29) is 11.9 Å². The van der Waals surface area contributed by atoms with E-state index < -0.39 is 23.6 Å². The van der Waals surface area contributed by atoms with Crippen molar-refractivity contribution in [3.05, 3.63) is 29.8 Å². The Morgan fingerprint density at radius 3 is 2.40 bits per heavy atom. The molecule has 0 spiro atoms. The van der Waals surface area contributed by atoms with Gasteiger partial charge in [-0.15, -0.1) is 0 Å². The number of anilines is 1. The first-order chi connectivity index (χ1) is 11.7. The average molecular weight is 347 g/mol. The third kappa shape index (κ3) is 6.10. The van der Waals surface area contributed by atoms with Crippen LogP contribution >= 0.6 is 0 Å². The Hall–Kier alpha value is -2.57. The molecule has 1 saturated carbocycles. The first-order valence-electron chi connectivity index (χ1n) is 8.36.